The third kappa shape index (κ3) is 4.01. The van der Waals surface area contributed by atoms with Gasteiger partial charge >= 0.3 is 0 Å². The molecule has 1 N–H and O–H groups in total. The molecule has 0 saturated carbocycles. The molecule has 0 aromatic carbocycles. The lowest BCUT2D eigenvalue weighted by Gasteiger charge is -2.08. The van der Waals surface area contributed by atoms with Crippen LogP contribution in [0.1, 0.15) is 30.9 Å². The molecule has 4 heteroatoms. The van der Waals surface area contributed by atoms with Gasteiger partial charge in [-0.15, -0.1) is 0 Å². The highest BCUT2D eigenvalue weighted by Crippen LogP contribution is 2.10. The van der Waals surface area contributed by atoms with Gasteiger partial charge in [0.05, 0.1) is 18.4 Å². The van der Waals surface area contributed by atoms with Crippen molar-refractivity contribution in [2.45, 2.75) is 40.3 Å². The Balaban J connectivity index is 2.20. The topological polar surface area (TPSA) is 47.3 Å². The van der Waals surface area contributed by atoms with Crippen molar-refractivity contribution in [2.24, 2.45) is 0 Å². The second-order valence-corrected chi connectivity index (χ2v) is 3.90. The number of hydrogen-bond donors (Lipinski definition) is 1. The maximum absolute atomic E-state index is 5.42. The number of rotatable bonds is 6. The summed E-state index contributed by atoms with van der Waals surface area (Å²) in [5.74, 6) is 0.893. The van der Waals surface area contributed by atoms with Crippen LogP contribution in [0.3, 0.4) is 0 Å². The zero-order valence-corrected chi connectivity index (χ0v) is 9.96. The van der Waals surface area contributed by atoms with Gasteiger partial charge in [-0.1, -0.05) is 5.16 Å². The zero-order chi connectivity index (χ0) is 11.3. The first-order valence-corrected chi connectivity index (χ1v) is 5.35. The Kier molecular flexibility index (Phi) is 4.78. The van der Waals surface area contributed by atoms with E-state index in [2.05, 4.69) is 10.5 Å². The molecule has 0 spiro atoms. The van der Waals surface area contributed by atoms with E-state index >= 15 is 0 Å². The SMILES string of the molecule is Cc1noc(C)c1CNCCOC(C)C. The molecule has 0 unspecified atom stereocenters. The molecule has 0 fully saturated rings. The average Bonchev–Trinajstić information content (AvgIpc) is 2.47. The van der Waals surface area contributed by atoms with Crippen molar-refractivity contribution in [3.63, 3.8) is 0 Å². The van der Waals surface area contributed by atoms with E-state index in [9.17, 15) is 0 Å². The number of nitrogens with zero attached hydrogens (tertiary/aromatic N) is 1. The monoisotopic (exact) mass is 212 g/mol. The second-order valence-electron chi connectivity index (χ2n) is 3.90. The molecule has 0 radical (unpaired) electrons. The van der Waals surface area contributed by atoms with E-state index in [4.69, 9.17) is 9.26 Å². The minimum absolute atomic E-state index is 0.297. The molecule has 0 amide bonds. The Morgan fingerprint density at radius 2 is 2.13 bits per heavy atom. The van der Waals surface area contributed by atoms with E-state index in [1.54, 1.807) is 0 Å². The number of aromatic nitrogens is 1. The molecule has 0 saturated heterocycles. The summed E-state index contributed by atoms with van der Waals surface area (Å²) in [4.78, 5) is 0. The van der Waals surface area contributed by atoms with Crippen LogP contribution >= 0.6 is 0 Å². The summed E-state index contributed by atoms with van der Waals surface area (Å²) in [6.07, 6.45) is 0.297. The lowest BCUT2D eigenvalue weighted by atomic mass is 10.2. The summed E-state index contributed by atoms with van der Waals surface area (Å²) in [5.41, 5.74) is 2.12. The molecule has 1 aromatic rings. The molecule has 0 atom stereocenters. The normalized spacial score (nSPS) is 11.3. The molecular weight excluding hydrogens is 192 g/mol. The molecule has 1 rings (SSSR count). The van der Waals surface area contributed by atoms with E-state index in [0.29, 0.717) is 6.10 Å². The highest BCUT2D eigenvalue weighted by Gasteiger charge is 2.07. The predicted molar refractivity (Wildman–Crippen MR) is 58.8 cm³/mol. The number of ether oxygens (including phenoxy) is 1. The van der Waals surface area contributed by atoms with Crippen LogP contribution in [0.2, 0.25) is 0 Å². The van der Waals surface area contributed by atoms with Gasteiger partial charge in [0, 0.05) is 18.7 Å². The quantitative estimate of drug-likeness (QED) is 0.730. The first-order valence-electron chi connectivity index (χ1n) is 5.35. The first-order chi connectivity index (χ1) is 7.11. The maximum Gasteiger partial charge on any atom is 0.138 e. The van der Waals surface area contributed by atoms with Crippen LogP contribution in [0.5, 0.6) is 0 Å². The predicted octanol–water partition coefficient (Wildman–Crippen LogP) is 1.81. The molecule has 86 valence electrons. The maximum atomic E-state index is 5.42. The third-order valence-electron chi connectivity index (χ3n) is 2.21. The molecule has 4 nitrogen and oxygen atoms in total. The van der Waals surface area contributed by atoms with E-state index in [0.717, 1.165) is 36.7 Å². The van der Waals surface area contributed by atoms with Crippen molar-refractivity contribution in [1.82, 2.24) is 10.5 Å². The minimum atomic E-state index is 0.297. The Hall–Kier alpha value is -0.870. The van der Waals surface area contributed by atoms with Crippen LogP contribution in [0, 0.1) is 13.8 Å². The summed E-state index contributed by atoms with van der Waals surface area (Å²) in [5, 5.41) is 7.20. The fourth-order valence-corrected chi connectivity index (χ4v) is 1.33. The van der Waals surface area contributed by atoms with Crippen molar-refractivity contribution in [3.8, 4) is 0 Å². The summed E-state index contributed by atoms with van der Waals surface area (Å²) in [6, 6.07) is 0. The number of hydrogen-bond acceptors (Lipinski definition) is 4. The van der Waals surface area contributed by atoms with Gasteiger partial charge in [0.25, 0.3) is 0 Å². The first kappa shape index (κ1) is 12.2. The Morgan fingerprint density at radius 1 is 1.40 bits per heavy atom. The van der Waals surface area contributed by atoms with Crippen molar-refractivity contribution < 1.29 is 9.26 Å². The molecule has 1 heterocycles. The molecule has 15 heavy (non-hydrogen) atoms. The van der Waals surface area contributed by atoms with E-state index in [-0.39, 0.29) is 0 Å². The molecule has 0 aliphatic carbocycles. The van der Waals surface area contributed by atoms with Gasteiger partial charge in [0.15, 0.2) is 0 Å². The van der Waals surface area contributed by atoms with Gasteiger partial charge in [-0.25, -0.2) is 0 Å². The van der Waals surface area contributed by atoms with Crippen molar-refractivity contribution in [3.05, 3.63) is 17.0 Å². The minimum Gasteiger partial charge on any atom is -0.377 e. The summed E-state index contributed by atoms with van der Waals surface area (Å²) in [6.45, 7) is 10.3. The summed E-state index contributed by atoms with van der Waals surface area (Å²) >= 11 is 0. The number of aryl methyl sites for hydroxylation is 2. The van der Waals surface area contributed by atoms with E-state index in [1.165, 1.54) is 0 Å². The van der Waals surface area contributed by atoms with E-state index < -0.39 is 0 Å². The Morgan fingerprint density at radius 3 is 2.67 bits per heavy atom. The van der Waals surface area contributed by atoms with Crippen molar-refractivity contribution in [1.29, 1.82) is 0 Å². The lowest BCUT2D eigenvalue weighted by molar-refractivity contribution is 0.0807. The number of nitrogens with one attached hydrogen (secondary N) is 1. The van der Waals surface area contributed by atoms with Crippen molar-refractivity contribution >= 4 is 0 Å². The Bertz CT molecular complexity index is 275. The highest BCUT2D eigenvalue weighted by molar-refractivity contribution is 5.20. The van der Waals surface area contributed by atoms with Crippen molar-refractivity contribution in [2.75, 3.05) is 13.2 Å². The molecular formula is C11H20N2O2. The Labute approximate surface area is 91.0 Å². The fourth-order valence-electron chi connectivity index (χ4n) is 1.33. The third-order valence-corrected chi connectivity index (χ3v) is 2.21. The van der Waals surface area contributed by atoms with Crippen LogP contribution in [-0.4, -0.2) is 24.4 Å². The summed E-state index contributed by atoms with van der Waals surface area (Å²) in [7, 11) is 0. The van der Waals surface area contributed by atoms with Gasteiger partial charge < -0.3 is 14.6 Å². The molecule has 0 aliphatic heterocycles. The standard InChI is InChI=1S/C11H20N2O2/c1-8(2)14-6-5-12-7-11-9(3)13-15-10(11)4/h8,12H,5-7H2,1-4H3. The smallest absolute Gasteiger partial charge is 0.138 e. The molecule has 0 aliphatic rings. The van der Waals surface area contributed by atoms with Gasteiger partial charge in [-0.3, -0.25) is 0 Å². The molecule has 1 aromatic heterocycles. The van der Waals surface area contributed by atoms with Crippen LogP contribution in [-0.2, 0) is 11.3 Å². The van der Waals surface area contributed by atoms with Gasteiger partial charge in [-0.05, 0) is 27.7 Å². The second kappa shape index (κ2) is 5.88. The van der Waals surface area contributed by atoms with Gasteiger partial charge in [0.2, 0.25) is 0 Å². The van der Waals surface area contributed by atoms with E-state index in [1.807, 2.05) is 27.7 Å². The van der Waals surface area contributed by atoms with Gasteiger partial charge in [0.1, 0.15) is 5.76 Å². The van der Waals surface area contributed by atoms with Gasteiger partial charge in [-0.2, -0.15) is 0 Å². The van der Waals surface area contributed by atoms with Crippen LogP contribution in [0.4, 0.5) is 0 Å². The highest BCUT2D eigenvalue weighted by atomic mass is 16.5. The molecule has 0 bridgehead atoms. The fraction of sp³-hybridized carbons (Fsp3) is 0.727. The van der Waals surface area contributed by atoms with Crippen LogP contribution in [0.25, 0.3) is 0 Å². The summed E-state index contributed by atoms with van der Waals surface area (Å²) < 4.78 is 10.5. The lowest BCUT2D eigenvalue weighted by Crippen LogP contribution is -2.21. The zero-order valence-electron chi connectivity index (χ0n) is 9.96. The van der Waals surface area contributed by atoms with Crippen LogP contribution < -0.4 is 5.32 Å². The largest absolute Gasteiger partial charge is 0.377 e. The average molecular weight is 212 g/mol. The van der Waals surface area contributed by atoms with Crippen LogP contribution in [0.15, 0.2) is 4.52 Å².